The molecule has 2 aliphatic heterocycles. The number of ether oxygens (including phenoxy) is 2. The van der Waals surface area contributed by atoms with Crippen LogP contribution in [0.15, 0.2) is 36.4 Å². The van der Waals surface area contributed by atoms with Gasteiger partial charge in [-0.05, 0) is 69.7 Å². The molecular weight excluding hydrogens is 504 g/mol. The van der Waals surface area contributed by atoms with Crippen molar-refractivity contribution < 1.29 is 24.2 Å². The largest absolute Gasteiger partial charge is 0.504 e. The molecule has 1 amide bonds. The number of carbonyl (C=O) groups excluding carboxylic acids is 2. The number of carbonyl (C=O) groups is 2. The predicted molar refractivity (Wildman–Crippen MR) is 154 cm³/mol. The lowest BCUT2D eigenvalue weighted by atomic mass is 9.51. The second-order valence-electron chi connectivity index (χ2n) is 12.6. The standard InChI is InChI=1S/C33H40N2O5/c1-19(2)18-35(29(38)12-9-22-8-6-7-20(3)15-22)25-11-10-24-26-16-23-28(39-21(4)36)17-27(37)31-30(23)33(24,32(25)40-31)13-14-34(26)5/h6-9,12,15,17,19,24-26,32,37H,10-11,13-14,16,18H2,1-5H3/t24-,25+,26+,32-,33-/m0/s1. The molecule has 0 unspecified atom stereocenters. The van der Waals surface area contributed by atoms with Gasteiger partial charge in [0.15, 0.2) is 11.5 Å². The highest BCUT2D eigenvalue weighted by Crippen LogP contribution is 2.65. The van der Waals surface area contributed by atoms with Crippen LogP contribution < -0.4 is 9.47 Å². The van der Waals surface area contributed by atoms with E-state index in [2.05, 4.69) is 31.9 Å². The normalized spacial score (nSPS) is 28.4. The van der Waals surface area contributed by atoms with Crippen LogP contribution in [0.5, 0.6) is 17.2 Å². The molecule has 2 aliphatic carbocycles. The Balaban J connectivity index is 1.42. The molecule has 0 radical (unpaired) electrons. The molecule has 212 valence electrons. The fourth-order valence-corrected chi connectivity index (χ4v) is 8.15. The average Bonchev–Trinajstić information content (AvgIpc) is 3.24. The zero-order chi connectivity index (χ0) is 28.3. The van der Waals surface area contributed by atoms with Crippen LogP contribution in [0.4, 0.5) is 0 Å². The Morgan fingerprint density at radius 3 is 2.80 bits per heavy atom. The zero-order valence-corrected chi connectivity index (χ0v) is 24.1. The van der Waals surface area contributed by atoms with E-state index in [4.69, 9.17) is 9.47 Å². The molecular formula is C33H40N2O5. The predicted octanol–water partition coefficient (Wildman–Crippen LogP) is 4.86. The third-order valence-corrected chi connectivity index (χ3v) is 9.61. The first kappa shape index (κ1) is 26.9. The van der Waals surface area contributed by atoms with Crippen LogP contribution in [-0.2, 0) is 21.4 Å². The van der Waals surface area contributed by atoms with Crippen molar-refractivity contribution in [1.29, 1.82) is 0 Å². The lowest BCUT2D eigenvalue weighted by Gasteiger charge is -2.60. The number of piperidine rings is 1. The first-order valence-electron chi connectivity index (χ1n) is 14.6. The topological polar surface area (TPSA) is 79.3 Å². The second-order valence-corrected chi connectivity index (χ2v) is 12.6. The minimum absolute atomic E-state index is 0.00901. The molecule has 1 saturated heterocycles. The van der Waals surface area contributed by atoms with Crippen LogP contribution in [-0.4, -0.2) is 65.1 Å². The Kier molecular flexibility index (Phi) is 6.68. The van der Waals surface area contributed by atoms with Gasteiger partial charge in [-0.15, -0.1) is 0 Å². The minimum Gasteiger partial charge on any atom is -0.504 e. The fourth-order valence-electron chi connectivity index (χ4n) is 8.15. The number of aryl methyl sites for hydroxylation is 1. The van der Waals surface area contributed by atoms with Gasteiger partial charge in [0.2, 0.25) is 5.91 Å². The smallest absolute Gasteiger partial charge is 0.308 e. The number of rotatable bonds is 6. The number of hydrogen-bond acceptors (Lipinski definition) is 6. The molecule has 1 N–H and O–H groups in total. The maximum Gasteiger partial charge on any atom is 0.308 e. The summed E-state index contributed by atoms with van der Waals surface area (Å²) in [6.07, 6.45) is 6.77. The molecule has 2 bridgehead atoms. The third kappa shape index (κ3) is 4.21. The van der Waals surface area contributed by atoms with Crippen molar-refractivity contribution >= 4 is 18.0 Å². The van der Waals surface area contributed by atoms with Crippen LogP contribution >= 0.6 is 0 Å². The molecule has 7 heteroatoms. The fraction of sp³-hybridized carbons (Fsp3) is 0.515. The number of phenolic OH excluding ortho intramolecular Hbond substituents is 1. The molecule has 1 spiro atoms. The van der Waals surface area contributed by atoms with Crippen molar-refractivity contribution in [3.05, 3.63) is 58.7 Å². The number of likely N-dealkylation sites (tertiary alicyclic amines) is 1. The van der Waals surface area contributed by atoms with Gasteiger partial charge in [-0.25, -0.2) is 0 Å². The summed E-state index contributed by atoms with van der Waals surface area (Å²) < 4.78 is 12.4. The van der Waals surface area contributed by atoms with Crippen molar-refractivity contribution in [3.8, 4) is 17.2 Å². The van der Waals surface area contributed by atoms with Crippen molar-refractivity contribution in [2.45, 2.75) is 77.0 Å². The molecule has 2 fully saturated rings. The number of hydrogen-bond donors (Lipinski definition) is 1. The highest BCUT2D eigenvalue weighted by Gasteiger charge is 2.66. The molecule has 5 atom stereocenters. The van der Waals surface area contributed by atoms with Gasteiger partial charge in [-0.3, -0.25) is 9.59 Å². The third-order valence-electron chi connectivity index (χ3n) is 9.61. The Bertz CT molecular complexity index is 1380. The van der Waals surface area contributed by atoms with Crippen LogP contribution in [0.3, 0.4) is 0 Å². The SMILES string of the molecule is CC(=O)Oc1cc(O)c2c3c1C[C@@H]1[C@@H]4CC[C@@H](N(CC(C)C)C(=O)C=Cc5cccc(C)c5)[C@H](O2)[C@]34CCN1C. The monoisotopic (exact) mass is 544 g/mol. The summed E-state index contributed by atoms with van der Waals surface area (Å²) in [6.45, 7) is 9.26. The van der Waals surface area contributed by atoms with Gasteiger partial charge in [0.25, 0.3) is 0 Å². The van der Waals surface area contributed by atoms with Crippen molar-refractivity contribution in [2.75, 3.05) is 20.1 Å². The van der Waals surface area contributed by atoms with Gasteiger partial charge in [-0.2, -0.15) is 0 Å². The lowest BCUT2D eigenvalue weighted by molar-refractivity contribution is -0.138. The summed E-state index contributed by atoms with van der Waals surface area (Å²) >= 11 is 0. The van der Waals surface area contributed by atoms with Gasteiger partial charge in [0, 0.05) is 48.2 Å². The van der Waals surface area contributed by atoms with Crippen LogP contribution in [0.25, 0.3) is 6.08 Å². The zero-order valence-electron chi connectivity index (χ0n) is 24.1. The van der Waals surface area contributed by atoms with Gasteiger partial charge in [0.05, 0.1) is 6.04 Å². The Hall–Kier alpha value is -3.32. The quantitative estimate of drug-likeness (QED) is 0.318. The van der Waals surface area contributed by atoms with Crippen molar-refractivity contribution in [3.63, 3.8) is 0 Å². The van der Waals surface area contributed by atoms with Crippen LogP contribution in [0.1, 0.15) is 62.3 Å². The lowest BCUT2D eigenvalue weighted by Crippen LogP contribution is -2.68. The Morgan fingerprint density at radius 1 is 1.27 bits per heavy atom. The Labute approximate surface area is 236 Å². The molecule has 6 rings (SSSR count). The molecule has 4 aliphatic rings. The summed E-state index contributed by atoms with van der Waals surface area (Å²) in [5, 5.41) is 11.1. The van der Waals surface area contributed by atoms with Gasteiger partial charge in [0.1, 0.15) is 11.9 Å². The minimum atomic E-state index is -0.403. The van der Waals surface area contributed by atoms with E-state index in [0.29, 0.717) is 24.0 Å². The van der Waals surface area contributed by atoms with Crippen LogP contribution in [0, 0.1) is 18.8 Å². The van der Waals surface area contributed by atoms with Gasteiger partial charge >= 0.3 is 5.97 Å². The average molecular weight is 545 g/mol. The van der Waals surface area contributed by atoms with E-state index in [-0.39, 0.29) is 41.2 Å². The highest BCUT2D eigenvalue weighted by molar-refractivity contribution is 5.92. The molecule has 0 aromatic heterocycles. The van der Waals surface area contributed by atoms with Gasteiger partial charge in [-0.1, -0.05) is 43.7 Å². The van der Waals surface area contributed by atoms with E-state index in [1.807, 2.05) is 36.1 Å². The van der Waals surface area contributed by atoms with E-state index in [0.717, 1.165) is 54.5 Å². The van der Waals surface area contributed by atoms with Crippen molar-refractivity contribution in [1.82, 2.24) is 9.80 Å². The molecule has 2 heterocycles. The summed E-state index contributed by atoms with van der Waals surface area (Å²) in [4.78, 5) is 30.3. The van der Waals surface area contributed by atoms with E-state index in [9.17, 15) is 14.7 Å². The summed E-state index contributed by atoms with van der Waals surface area (Å²) in [6, 6.07) is 9.83. The summed E-state index contributed by atoms with van der Waals surface area (Å²) in [5.74, 6) is 1.17. The number of nitrogens with zero attached hydrogens (tertiary/aromatic N) is 2. The number of likely N-dealkylation sites (N-methyl/N-ethyl adjacent to an activating group) is 1. The van der Waals surface area contributed by atoms with Crippen molar-refractivity contribution in [2.24, 2.45) is 11.8 Å². The van der Waals surface area contributed by atoms with Crippen LogP contribution in [0.2, 0.25) is 0 Å². The van der Waals surface area contributed by atoms with E-state index in [1.165, 1.54) is 13.0 Å². The van der Waals surface area contributed by atoms with E-state index >= 15 is 0 Å². The molecule has 7 nitrogen and oxygen atoms in total. The summed E-state index contributed by atoms with van der Waals surface area (Å²) in [5.41, 5.74) is 3.80. The molecule has 2 aromatic carbocycles. The molecule has 40 heavy (non-hydrogen) atoms. The maximum atomic E-state index is 13.9. The van der Waals surface area contributed by atoms with E-state index in [1.54, 1.807) is 6.08 Å². The summed E-state index contributed by atoms with van der Waals surface area (Å²) in [7, 11) is 2.18. The molecule has 2 aromatic rings. The highest BCUT2D eigenvalue weighted by atomic mass is 16.5. The number of esters is 1. The first-order chi connectivity index (χ1) is 19.1. The number of amides is 1. The van der Waals surface area contributed by atoms with Gasteiger partial charge < -0.3 is 24.4 Å². The molecule has 1 saturated carbocycles. The van der Waals surface area contributed by atoms with E-state index < -0.39 is 5.97 Å². The number of benzene rings is 2. The Morgan fingerprint density at radius 2 is 2.08 bits per heavy atom. The number of aromatic hydroxyl groups is 1. The maximum absolute atomic E-state index is 13.9. The number of phenols is 1. The first-order valence-corrected chi connectivity index (χ1v) is 14.6. The second kappa shape index (κ2) is 9.95.